The number of carbonyl (C=O) groups excluding carboxylic acids is 1. The molecule has 0 heterocycles. The van der Waals surface area contributed by atoms with Crippen molar-refractivity contribution < 1.29 is 9.72 Å². The van der Waals surface area contributed by atoms with Crippen LogP contribution in [0.15, 0.2) is 12.1 Å². The molecular weight excluding hydrogens is 248 g/mol. The lowest BCUT2D eigenvalue weighted by Crippen LogP contribution is -2.22. The maximum absolute atomic E-state index is 11.7. The van der Waals surface area contributed by atoms with Gasteiger partial charge in [-0.3, -0.25) is 20.8 Å². The van der Waals surface area contributed by atoms with Crippen molar-refractivity contribution in [2.24, 2.45) is 5.84 Å². The summed E-state index contributed by atoms with van der Waals surface area (Å²) in [6, 6.07) is 2.45. The van der Waals surface area contributed by atoms with Crippen LogP contribution in [0.3, 0.4) is 0 Å². The third-order valence-corrected chi connectivity index (χ3v) is 2.36. The molecule has 0 aliphatic heterocycles. The van der Waals surface area contributed by atoms with Crippen LogP contribution < -0.4 is 11.3 Å². The zero-order chi connectivity index (χ0) is 13.2. The lowest BCUT2D eigenvalue weighted by Gasteiger charge is -2.12. The molecule has 3 N–H and O–H groups in total. The van der Waals surface area contributed by atoms with Crippen LogP contribution in [0.5, 0.6) is 0 Å². The van der Waals surface area contributed by atoms with Crippen LogP contribution in [0.4, 0.5) is 11.4 Å². The summed E-state index contributed by atoms with van der Waals surface area (Å²) in [5, 5.41) is 10.8. The normalized spacial score (nSPS) is 9.88. The van der Waals surface area contributed by atoms with Gasteiger partial charge in [0.15, 0.2) is 0 Å². The standard InChI is InChI=1S/C9H11ClN4O3/c1-13(2)9(15)5-3-6(10)8(12-11)7(4-5)14(16)17/h3-4,12H,11H2,1-2H3. The highest BCUT2D eigenvalue weighted by atomic mass is 35.5. The fraction of sp³-hybridized carbons (Fsp3) is 0.222. The Balaban J connectivity index is 3.39. The Morgan fingerprint density at radius 2 is 2.12 bits per heavy atom. The van der Waals surface area contributed by atoms with Crippen molar-refractivity contribution >= 4 is 28.9 Å². The van der Waals surface area contributed by atoms with Gasteiger partial charge in [-0.25, -0.2) is 0 Å². The van der Waals surface area contributed by atoms with E-state index in [1.54, 1.807) is 0 Å². The number of hydrogen-bond acceptors (Lipinski definition) is 5. The molecule has 0 bridgehead atoms. The molecule has 0 aromatic heterocycles. The fourth-order valence-electron chi connectivity index (χ4n) is 1.26. The first-order chi connectivity index (χ1) is 7.88. The van der Waals surface area contributed by atoms with Crippen molar-refractivity contribution in [1.29, 1.82) is 0 Å². The van der Waals surface area contributed by atoms with Crippen molar-refractivity contribution in [3.8, 4) is 0 Å². The van der Waals surface area contributed by atoms with Gasteiger partial charge in [-0.15, -0.1) is 0 Å². The van der Waals surface area contributed by atoms with E-state index in [-0.39, 0.29) is 27.9 Å². The number of nitrogens with zero attached hydrogens (tertiary/aromatic N) is 2. The van der Waals surface area contributed by atoms with E-state index in [0.29, 0.717) is 0 Å². The van der Waals surface area contributed by atoms with E-state index in [1.807, 2.05) is 0 Å². The van der Waals surface area contributed by atoms with E-state index >= 15 is 0 Å². The minimum atomic E-state index is -0.659. The molecule has 1 aromatic carbocycles. The fourth-order valence-corrected chi connectivity index (χ4v) is 1.53. The number of halogens is 1. The maximum atomic E-state index is 11.7. The largest absolute Gasteiger partial charge is 0.345 e. The number of benzene rings is 1. The molecule has 0 fully saturated rings. The molecule has 0 aliphatic carbocycles. The number of carbonyl (C=O) groups is 1. The SMILES string of the molecule is CN(C)C(=O)c1cc(Cl)c(NN)c([N+](=O)[O-])c1. The molecule has 1 rings (SSSR count). The molecule has 1 amide bonds. The van der Waals surface area contributed by atoms with Crippen LogP contribution in [-0.4, -0.2) is 29.8 Å². The third-order valence-electron chi connectivity index (χ3n) is 2.06. The number of hydrogen-bond donors (Lipinski definition) is 2. The average molecular weight is 259 g/mol. The highest BCUT2D eigenvalue weighted by Crippen LogP contribution is 2.33. The molecule has 0 saturated carbocycles. The van der Waals surface area contributed by atoms with Crippen LogP contribution in [0.1, 0.15) is 10.4 Å². The summed E-state index contributed by atoms with van der Waals surface area (Å²) in [4.78, 5) is 23.1. The van der Waals surface area contributed by atoms with Crippen LogP contribution in [-0.2, 0) is 0 Å². The van der Waals surface area contributed by atoms with Crippen LogP contribution in [0, 0.1) is 10.1 Å². The minimum absolute atomic E-state index is 0.0203. The van der Waals surface area contributed by atoms with E-state index in [4.69, 9.17) is 17.4 Å². The van der Waals surface area contributed by atoms with Crippen molar-refractivity contribution in [2.75, 3.05) is 19.5 Å². The van der Waals surface area contributed by atoms with Crippen molar-refractivity contribution in [2.45, 2.75) is 0 Å². The quantitative estimate of drug-likeness (QED) is 0.482. The number of rotatable bonds is 3. The van der Waals surface area contributed by atoms with Crippen molar-refractivity contribution in [3.63, 3.8) is 0 Å². The van der Waals surface area contributed by atoms with Gasteiger partial charge in [0, 0.05) is 25.7 Å². The molecule has 1 aromatic rings. The first-order valence-corrected chi connectivity index (χ1v) is 4.92. The van der Waals surface area contributed by atoms with Gasteiger partial charge < -0.3 is 10.3 Å². The molecule has 8 heteroatoms. The Kier molecular flexibility index (Phi) is 3.87. The predicted molar refractivity (Wildman–Crippen MR) is 63.9 cm³/mol. The maximum Gasteiger partial charge on any atom is 0.295 e. The molecule has 92 valence electrons. The number of nitrogens with one attached hydrogen (secondary N) is 1. The molecule has 0 unspecified atom stereocenters. The molecule has 0 radical (unpaired) electrons. The van der Waals surface area contributed by atoms with E-state index in [1.165, 1.54) is 25.1 Å². The summed E-state index contributed by atoms with van der Waals surface area (Å²) in [5.74, 6) is 4.76. The lowest BCUT2D eigenvalue weighted by molar-refractivity contribution is -0.384. The topological polar surface area (TPSA) is 102 Å². The second-order valence-corrected chi connectivity index (χ2v) is 3.86. The number of nitro benzene ring substituents is 1. The molecular formula is C9H11ClN4O3. The van der Waals surface area contributed by atoms with E-state index in [2.05, 4.69) is 5.43 Å². The molecule has 0 spiro atoms. The van der Waals surface area contributed by atoms with Gasteiger partial charge in [-0.2, -0.15) is 0 Å². The summed E-state index contributed by atoms with van der Waals surface area (Å²) >= 11 is 5.81. The number of nitro groups is 1. The molecule has 17 heavy (non-hydrogen) atoms. The zero-order valence-electron chi connectivity index (χ0n) is 9.23. The Bertz CT molecular complexity index is 476. The average Bonchev–Trinajstić information content (AvgIpc) is 2.26. The lowest BCUT2D eigenvalue weighted by atomic mass is 10.1. The summed E-state index contributed by atoms with van der Waals surface area (Å²) in [5.41, 5.74) is 1.91. The smallest absolute Gasteiger partial charge is 0.295 e. The van der Waals surface area contributed by atoms with Gasteiger partial charge in [-0.1, -0.05) is 11.6 Å². The number of nitrogens with two attached hydrogens (primary N) is 1. The van der Waals surface area contributed by atoms with Crippen LogP contribution in [0.2, 0.25) is 5.02 Å². The zero-order valence-corrected chi connectivity index (χ0v) is 9.99. The molecule has 0 saturated heterocycles. The first-order valence-electron chi connectivity index (χ1n) is 4.54. The Morgan fingerprint density at radius 3 is 2.53 bits per heavy atom. The van der Waals surface area contributed by atoms with E-state index in [9.17, 15) is 14.9 Å². The molecule has 7 nitrogen and oxygen atoms in total. The van der Waals surface area contributed by atoms with Gasteiger partial charge in [-0.05, 0) is 6.07 Å². The van der Waals surface area contributed by atoms with Crippen LogP contribution in [0.25, 0.3) is 0 Å². The van der Waals surface area contributed by atoms with Crippen LogP contribution >= 0.6 is 11.6 Å². The van der Waals surface area contributed by atoms with Crippen molar-refractivity contribution in [1.82, 2.24) is 4.90 Å². The summed E-state index contributed by atoms with van der Waals surface area (Å²) in [6.07, 6.45) is 0. The molecule has 0 atom stereocenters. The van der Waals surface area contributed by atoms with Crippen molar-refractivity contribution in [3.05, 3.63) is 32.8 Å². The number of anilines is 1. The Morgan fingerprint density at radius 1 is 1.53 bits per heavy atom. The van der Waals surface area contributed by atoms with Gasteiger partial charge in [0.25, 0.3) is 11.6 Å². The number of nitrogen functional groups attached to an aromatic ring is 1. The van der Waals surface area contributed by atoms with E-state index < -0.39 is 4.92 Å². The summed E-state index contributed by atoms with van der Waals surface area (Å²) < 4.78 is 0. The molecule has 0 aliphatic rings. The second-order valence-electron chi connectivity index (χ2n) is 3.45. The highest BCUT2D eigenvalue weighted by Gasteiger charge is 2.21. The number of hydrazine groups is 1. The van der Waals surface area contributed by atoms with Gasteiger partial charge in [0.05, 0.1) is 9.95 Å². The highest BCUT2D eigenvalue weighted by molar-refractivity contribution is 6.34. The van der Waals surface area contributed by atoms with Gasteiger partial charge in [0.1, 0.15) is 5.69 Å². The predicted octanol–water partition coefficient (Wildman–Crippen LogP) is 1.24. The summed E-state index contributed by atoms with van der Waals surface area (Å²) in [7, 11) is 3.08. The first kappa shape index (κ1) is 13.2. The van der Waals surface area contributed by atoms with E-state index in [0.717, 1.165) is 6.07 Å². The third kappa shape index (κ3) is 2.63. The second kappa shape index (κ2) is 4.98. The van der Waals surface area contributed by atoms with Gasteiger partial charge in [0.2, 0.25) is 0 Å². The Hall–Kier alpha value is -1.86. The van der Waals surface area contributed by atoms with Gasteiger partial charge >= 0.3 is 0 Å². The number of amides is 1. The Labute approximate surface area is 102 Å². The summed E-state index contributed by atoms with van der Waals surface area (Å²) in [6.45, 7) is 0. The monoisotopic (exact) mass is 258 g/mol. The minimum Gasteiger partial charge on any atom is -0.345 e.